The summed E-state index contributed by atoms with van der Waals surface area (Å²) in [6.45, 7) is 6.30. The van der Waals surface area contributed by atoms with Crippen LogP contribution in [-0.2, 0) is 0 Å². The fraction of sp³-hybridized carbons (Fsp3) is 0.571. The van der Waals surface area contributed by atoms with Gasteiger partial charge in [0.05, 0.1) is 0 Å². The minimum Gasteiger partial charge on any atom is -0.477 e. The Hall–Kier alpha value is -1.82. The zero-order valence-corrected chi connectivity index (χ0v) is 11.8. The van der Waals surface area contributed by atoms with Gasteiger partial charge in [0, 0.05) is 25.2 Å². The van der Waals surface area contributed by atoms with Gasteiger partial charge in [0.2, 0.25) is 0 Å². The van der Waals surface area contributed by atoms with E-state index in [2.05, 4.69) is 29.0 Å². The number of hydrogen-bond donors (Lipinski definition) is 3. The summed E-state index contributed by atoms with van der Waals surface area (Å²) in [5, 5.41) is 11.8. The summed E-state index contributed by atoms with van der Waals surface area (Å²) in [4.78, 5) is 27.8. The highest BCUT2D eigenvalue weighted by Gasteiger charge is 2.23. The fourth-order valence-electron chi connectivity index (χ4n) is 2.48. The number of likely N-dealkylation sites (tertiary alicyclic amines) is 1. The monoisotopic (exact) mass is 279 g/mol. The molecule has 2 heterocycles. The molecule has 0 bridgehead atoms. The van der Waals surface area contributed by atoms with Crippen molar-refractivity contribution in [1.82, 2.24) is 15.2 Å². The third-order valence-corrected chi connectivity index (χ3v) is 3.76. The Balaban J connectivity index is 1.87. The molecule has 110 valence electrons. The van der Waals surface area contributed by atoms with Crippen molar-refractivity contribution in [2.45, 2.75) is 38.8 Å². The summed E-state index contributed by atoms with van der Waals surface area (Å²) in [5.41, 5.74) is 0.332. The minimum atomic E-state index is -1.06. The molecule has 1 fully saturated rings. The Labute approximate surface area is 118 Å². The second-order valence-electron chi connectivity index (χ2n) is 5.47. The number of aromatic carboxylic acids is 1. The lowest BCUT2D eigenvalue weighted by Gasteiger charge is -2.34. The number of aromatic nitrogens is 1. The van der Waals surface area contributed by atoms with Crippen LogP contribution in [-0.4, -0.2) is 52.0 Å². The van der Waals surface area contributed by atoms with Gasteiger partial charge < -0.3 is 20.3 Å². The predicted octanol–water partition coefficient (Wildman–Crippen LogP) is 1.32. The van der Waals surface area contributed by atoms with Crippen molar-refractivity contribution in [3.05, 3.63) is 23.5 Å². The number of carboxylic acid groups (broad SMARTS) is 1. The molecule has 0 saturated carbocycles. The minimum absolute atomic E-state index is 0.0322. The molecule has 6 heteroatoms. The largest absolute Gasteiger partial charge is 0.477 e. The molecule has 0 aromatic carbocycles. The van der Waals surface area contributed by atoms with E-state index in [0.717, 1.165) is 25.9 Å². The summed E-state index contributed by atoms with van der Waals surface area (Å²) in [6.07, 6.45) is 1.85. The highest BCUT2D eigenvalue weighted by Crippen LogP contribution is 2.13. The normalized spacial score (nSPS) is 17.4. The van der Waals surface area contributed by atoms with E-state index in [0.29, 0.717) is 11.7 Å². The molecule has 1 saturated heterocycles. The standard InChI is InChI=1S/C14H21N3O3/c1-9(2)17-7-5-10(6-8-17)15-13(18)11-3-4-12(16-11)14(19)20/h3-4,9-10,16H,5-8H2,1-2H3,(H,15,18)(H,19,20). The van der Waals surface area contributed by atoms with E-state index in [4.69, 9.17) is 5.11 Å². The van der Waals surface area contributed by atoms with E-state index < -0.39 is 5.97 Å². The molecule has 1 aromatic rings. The van der Waals surface area contributed by atoms with Crippen molar-refractivity contribution in [2.24, 2.45) is 0 Å². The molecule has 0 aliphatic carbocycles. The number of nitrogens with zero attached hydrogens (tertiary/aromatic N) is 1. The van der Waals surface area contributed by atoms with Crippen LogP contribution in [0.5, 0.6) is 0 Å². The second kappa shape index (κ2) is 6.09. The van der Waals surface area contributed by atoms with Gasteiger partial charge in [-0.15, -0.1) is 0 Å². The van der Waals surface area contributed by atoms with E-state index in [1.165, 1.54) is 12.1 Å². The zero-order chi connectivity index (χ0) is 14.7. The average Bonchev–Trinajstić information content (AvgIpc) is 2.89. The lowest BCUT2D eigenvalue weighted by Crippen LogP contribution is -2.46. The van der Waals surface area contributed by atoms with E-state index in [9.17, 15) is 9.59 Å². The Kier molecular flexibility index (Phi) is 4.44. The number of piperidine rings is 1. The molecule has 2 rings (SSSR count). The van der Waals surface area contributed by atoms with Crippen LogP contribution in [0.1, 0.15) is 47.7 Å². The quantitative estimate of drug-likeness (QED) is 0.776. The highest BCUT2D eigenvalue weighted by atomic mass is 16.4. The van der Waals surface area contributed by atoms with Crippen molar-refractivity contribution in [1.29, 1.82) is 0 Å². The van der Waals surface area contributed by atoms with E-state index in [-0.39, 0.29) is 17.6 Å². The number of carboxylic acids is 1. The van der Waals surface area contributed by atoms with E-state index in [1.807, 2.05) is 0 Å². The molecule has 1 aromatic heterocycles. The summed E-state index contributed by atoms with van der Waals surface area (Å²) in [6, 6.07) is 3.60. The first-order chi connectivity index (χ1) is 9.47. The topological polar surface area (TPSA) is 85.4 Å². The van der Waals surface area contributed by atoms with Crippen LogP contribution in [0.2, 0.25) is 0 Å². The zero-order valence-electron chi connectivity index (χ0n) is 11.8. The van der Waals surface area contributed by atoms with Crippen LogP contribution in [0.15, 0.2) is 12.1 Å². The summed E-state index contributed by atoms with van der Waals surface area (Å²) < 4.78 is 0. The van der Waals surface area contributed by atoms with E-state index >= 15 is 0 Å². The van der Waals surface area contributed by atoms with Crippen molar-refractivity contribution >= 4 is 11.9 Å². The molecule has 1 amide bonds. The van der Waals surface area contributed by atoms with Gasteiger partial charge in [0.1, 0.15) is 11.4 Å². The maximum atomic E-state index is 12.0. The van der Waals surface area contributed by atoms with Crippen molar-refractivity contribution in [3.8, 4) is 0 Å². The Bertz CT molecular complexity index is 488. The molecule has 6 nitrogen and oxygen atoms in total. The van der Waals surface area contributed by atoms with Gasteiger partial charge in [-0.1, -0.05) is 0 Å². The molecule has 0 atom stereocenters. The number of carbonyl (C=O) groups is 2. The number of nitrogens with one attached hydrogen (secondary N) is 2. The van der Waals surface area contributed by atoms with Gasteiger partial charge in [0.15, 0.2) is 0 Å². The second-order valence-corrected chi connectivity index (χ2v) is 5.47. The van der Waals surface area contributed by atoms with Crippen LogP contribution < -0.4 is 5.32 Å². The summed E-state index contributed by atoms with van der Waals surface area (Å²) in [5.74, 6) is -1.30. The fourth-order valence-corrected chi connectivity index (χ4v) is 2.48. The van der Waals surface area contributed by atoms with Gasteiger partial charge in [-0.3, -0.25) is 4.79 Å². The molecular formula is C14H21N3O3. The smallest absolute Gasteiger partial charge is 0.352 e. The van der Waals surface area contributed by atoms with Crippen molar-refractivity contribution < 1.29 is 14.7 Å². The molecule has 1 aliphatic heterocycles. The Morgan fingerprint density at radius 3 is 2.40 bits per heavy atom. The van der Waals surface area contributed by atoms with Crippen LogP contribution in [0, 0.1) is 0 Å². The molecule has 1 aliphatic rings. The highest BCUT2D eigenvalue weighted by molar-refractivity contribution is 5.95. The molecule has 0 spiro atoms. The average molecular weight is 279 g/mol. The molecule has 0 unspecified atom stereocenters. The first-order valence-electron chi connectivity index (χ1n) is 6.94. The first kappa shape index (κ1) is 14.6. The number of H-pyrrole nitrogens is 1. The number of aromatic amines is 1. The van der Waals surface area contributed by atoms with Crippen LogP contribution in [0.4, 0.5) is 0 Å². The third-order valence-electron chi connectivity index (χ3n) is 3.76. The summed E-state index contributed by atoms with van der Waals surface area (Å²) in [7, 11) is 0. The first-order valence-corrected chi connectivity index (χ1v) is 6.94. The Morgan fingerprint density at radius 1 is 1.30 bits per heavy atom. The number of hydrogen-bond acceptors (Lipinski definition) is 3. The van der Waals surface area contributed by atoms with Crippen LogP contribution in [0.25, 0.3) is 0 Å². The molecule has 20 heavy (non-hydrogen) atoms. The van der Waals surface area contributed by atoms with Gasteiger partial charge in [0.25, 0.3) is 5.91 Å². The van der Waals surface area contributed by atoms with Crippen molar-refractivity contribution in [2.75, 3.05) is 13.1 Å². The van der Waals surface area contributed by atoms with E-state index in [1.54, 1.807) is 0 Å². The molecule has 3 N–H and O–H groups in total. The SMILES string of the molecule is CC(C)N1CCC(NC(=O)c2ccc(C(=O)O)[nH]2)CC1. The van der Waals surface area contributed by atoms with Crippen LogP contribution >= 0.6 is 0 Å². The molecule has 0 radical (unpaired) electrons. The lowest BCUT2D eigenvalue weighted by molar-refractivity contribution is 0.0691. The Morgan fingerprint density at radius 2 is 1.90 bits per heavy atom. The third kappa shape index (κ3) is 3.39. The molecular weight excluding hydrogens is 258 g/mol. The van der Waals surface area contributed by atoms with Gasteiger partial charge >= 0.3 is 5.97 Å². The van der Waals surface area contributed by atoms with Crippen molar-refractivity contribution in [3.63, 3.8) is 0 Å². The van der Waals surface area contributed by atoms with Gasteiger partial charge in [-0.2, -0.15) is 0 Å². The lowest BCUT2D eigenvalue weighted by atomic mass is 10.0. The number of rotatable bonds is 4. The maximum absolute atomic E-state index is 12.0. The summed E-state index contributed by atoms with van der Waals surface area (Å²) >= 11 is 0. The predicted molar refractivity (Wildman–Crippen MR) is 74.9 cm³/mol. The number of amides is 1. The van der Waals surface area contributed by atoms with Gasteiger partial charge in [-0.05, 0) is 38.8 Å². The van der Waals surface area contributed by atoms with Crippen LogP contribution in [0.3, 0.4) is 0 Å². The van der Waals surface area contributed by atoms with Gasteiger partial charge in [-0.25, -0.2) is 4.79 Å². The number of carbonyl (C=O) groups excluding carboxylic acids is 1. The maximum Gasteiger partial charge on any atom is 0.352 e.